The highest BCUT2D eigenvalue weighted by Gasteiger charge is 2.32. The highest BCUT2D eigenvalue weighted by atomic mass is 35.5. The Hall–Kier alpha value is -2.43. The summed E-state index contributed by atoms with van der Waals surface area (Å²) in [4.78, 5) is 22.2. The van der Waals surface area contributed by atoms with Crippen LogP contribution in [0.1, 0.15) is 40.9 Å². The maximum absolute atomic E-state index is 13.0. The van der Waals surface area contributed by atoms with Crippen LogP contribution in [0.25, 0.3) is 10.9 Å². The van der Waals surface area contributed by atoms with Gasteiger partial charge in [0.25, 0.3) is 5.91 Å². The van der Waals surface area contributed by atoms with Crippen LogP contribution < -0.4 is 0 Å². The zero-order chi connectivity index (χ0) is 20.5. The molecular weight excluding hydrogens is 394 g/mol. The van der Waals surface area contributed by atoms with Crippen LogP contribution in [-0.4, -0.2) is 40.3 Å². The Morgan fingerprint density at radius 1 is 1.00 bits per heavy atom. The number of pyridine rings is 1. The zero-order valence-electron chi connectivity index (χ0n) is 17.1. The normalized spacial score (nSPS) is 17.6. The summed E-state index contributed by atoms with van der Waals surface area (Å²) >= 11 is 6.59. The first-order valence-corrected chi connectivity index (χ1v) is 11.2. The number of carbonyl (C=O) groups is 1. The number of likely N-dealkylation sites (tertiary alicyclic amines) is 1. The quantitative estimate of drug-likeness (QED) is 0.574. The molecule has 154 valence electrons. The van der Waals surface area contributed by atoms with Crippen LogP contribution in [0.15, 0.2) is 54.6 Å². The molecule has 0 unspecified atom stereocenters. The van der Waals surface area contributed by atoms with Crippen molar-refractivity contribution in [2.75, 3.05) is 19.6 Å². The van der Waals surface area contributed by atoms with Gasteiger partial charge in [-0.25, -0.2) is 4.98 Å². The molecule has 0 bridgehead atoms. The van der Waals surface area contributed by atoms with E-state index in [4.69, 9.17) is 16.6 Å². The summed E-state index contributed by atoms with van der Waals surface area (Å²) in [6.07, 6.45) is 3.45. The molecule has 1 amide bonds. The highest BCUT2D eigenvalue weighted by molar-refractivity contribution is 6.38. The van der Waals surface area contributed by atoms with E-state index >= 15 is 0 Å². The topological polar surface area (TPSA) is 36.4 Å². The highest BCUT2D eigenvalue weighted by Crippen LogP contribution is 2.34. The lowest BCUT2D eigenvalue weighted by Gasteiger charge is -2.32. The molecule has 0 N–H and O–H groups in total. The molecule has 2 aliphatic heterocycles. The minimum atomic E-state index is 0.0368. The van der Waals surface area contributed by atoms with Gasteiger partial charge in [0.05, 0.1) is 28.3 Å². The van der Waals surface area contributed by atoms with Crippen molar-refractivity contribution in [3.05, 3.63) is 76.4 Å². The largest absolute Gasteiger partial charge is 0.333 e. The summed E-state index contributed by atoms with van der Waals surface area (Å²) in [5.41, 5.74) is 3.67. The fraction of sp³-hybridized carbons (Fsp3) is 0.360. The third kappa shape index (κ3) is 3.82. The van der Waals surface area contributed by atoms with Crippen molar-refractivity contribution >= 4 is 28.4 Å². The molecule has 5 rings (SSSR count). The number of rotatable bonds is 5. The Balaban J connectivity index is 1.17. The van der Waals surface area contributed by atoms with Crippen molar-refractivity contribution in [3.8, 4) is 0 Å². The molecule has 2 aliphatic rings. The standard InChI is InChI=1S/C25H26ClN3O/c26-24-20-8-4-5-9-21(20)27-22-17-29(25(30)23(22)24)15-12-18-10-13-28(14-11-18)16-19-6-2-1-3-7-19/h1-9,18H,10-17H2. The van der Waals surface area contributed by atoms with Crippen LogP contribution in [0.4, 0.5) is 0 Å². The van der Waals surface area contributed by atoms with Gasteiger partial charge < -0.3 is 4.90 Å². The minimum absolute atomic E-state index is 0.0368. The van der Waals surface area contributed by atoms with E-state index in [0.29, 0.717) is 23.0 Å². The van der Waals surface area contributed by atoms with E-state index in [9.17, 15) is 4.79 Å². The van der Waals surface area contributed by atoms with Crippen molar-refractivity contribution in [1.82, 2.24) is 14.8 Å². The van der Waals surface area contributed by atoms with Gasteiger partial charge in [0, 0.05) is 18.5 Å². The second-order valence-corrected chi connectivity index (χ2v) is 8.86. The number of para-hydroxylation sites is 1. The van der Waals surface area contributed by atoms with Gasteiger partial charge in [-0.3, -0.25) is 9.69 Å². The van der Waals surface area contributed by atoms with Crippen LogP contribution in [0.3, 0.4) is 0 Å². The molecule has 2 aromatic carbocycles. The molecule has 30 heavy (non-hydrogen) atoms. The molecule has 0 radical (unpaired) electrons. The number of carbonyl (C=O) groups excluding carboxylic acids is 1. The number of benzene rings is 2. The van der Waals surface area contributed by atoms with Crippen LogP contribution in [-0.2, 0) is 13.1 Å². The van der Waals surface area contributed by atoms with Crippen molar-refractivity contribution in [1.29, 1.82) is 0 Å². The van der Waals surface area contributed by atoms with Gasteiger partial charge in [-0.1, -0.05) is 60.1 Å². The Morgan fingerprint density at radius 3 is 2.53 bits per heavy atom. The summed E-state index contributed by atoms with van der Waals surface area (Å²) in [6.45, 7) is 4.65. The fourth-order valence-electron chi connectivity index (χ4n) is 4.76. The molecule has 1 aromatic heterocycles. The summed E-state index contributed by atoms with van der Waals surface area (Å²) in [6, 6.07) is 18.5. The maximum atomic E-state index is 13.0. The molecule has 0 spiro atoms. The first kappa shape index (κ1) is 19.5. The Labute approximate surface area is 182 Å². The molecule has 0 atom stereocenters. The second-order valence-electron chi connectivity index (χ2n) is 8.49. The van der Waals surface area contributed by atoms with Crippen molar-refractivity contribution in [3.63, 3.8) is 0 Å². The van der Waals surface area contributed by atoms with Gasteiger partial charge in [-0.05, 0) is 49.9 Å². The smallest absolute Gasteiger partial charge is 0.257 e. The fourth-order valence-corrected chi connectivity index (χ4v) is 5.11. The average Bonchev–Trinajstić information content (AvgIpc) is 3.09. The second kappa shape index (κ2) is 8.37. The summed E-state index contributed by atoms with van der Waals surface area (Å²) in [5.74, 6) is 0.714. The number of amides is 1. The van der Waals surface area contributed by atoms with E-state index in [-0.39, 0.29) is 5.91 Å². The third-order valence-electron chi connectivity index (χ3n) is 6.51. The number of hydrogen-bond acceptors (Lipinski definition) is 3. The average molecular weight is 420 g/mol. The molecule has 3 aromatic rings. The van der Waals surface area contributed by atoms with Gasteiger partial charge in [-0.15, -0.1) is 0 Å². The number of nitrogens with zero attached hydrogens (tertiary/aromatic N) is 3. The SMILES string of the molecule is O=C1c2c(nc3ccccc3c2Cl)CN1CCC1CCN(Cc2ccccc2)CC1. The molecule has 0 saturated carbocycles. The Kier molecular flexibility index (Phi) is 5.45. The summed E-state index contributed by atoms with van der Waals surface area (Å²) in [5, 5.41) is 1.41. The number of fused-ring (bicyclic) bond motifs is 2. The molecule has 0 aliphatic carbocycles. The van der Waals surface area contributed by atoms with Crippen molar-refractivity contribution < 1.29 is 4.79 Å². The monoisotopic (exact) mass is 419 g/mol. The van der Waals surface area contributed by atoms with Crippen LogP contribution >= 0.6 is 11.6 Å². The molecule has 5 heteroatoms. The first-order chi connectivity index (χ1) is 14.7. The van der Waals surface area contributed by atoms with E-state index < -0.39 is 0 Å². The Bertz CT molecular complexity index is 1060. The molecule has 3 heterocycles. The van der Waals surface area contributed by atoms with Gasteiger partial charge in [-0.2, -0.15) is 0 Å². The van der Waals surface area contributed by atoms with E-state index in [1.165, 1.54) is 18.4 Å². The summed E-state index contributed by atoms with van der Waals surface area (Å²) in [7, 11) is 0. The van der Waals surface area contributed by atoms with Crippen LogP contribution in [0, 0.1) is 5.92 Å². The van der Waals surface area contributed by atoms with E-state index in [1.807, 2.05) is 29.2 Å². The number of piperidine rings is 1. The summed E-state index contributed by atoms with van der Waals surface area (Å²) < 4.78 is 0. The van der Waals surface area contributed by atoms with Crippen molar-refractivity contribution in [2.45, 2.75) is 32.4 Å². The lowest BCUT2D eigenvalue weighted by atomic mass is 9.93. The molecule has 1 saturated heterocycles. The molecule has 4 nitrogen and oxygen atoms in total. The van der Waals surface area contributed by atoms with Gasteiger partial charge >= 0.3 is 0 Å². The van der Waals surface area contributed by atoms with Crippen LogP contribution in [0.5, 0.6) is 0 Å². The zero-order valence-corrected chi connectivity index (χ0v) is 17.8. The van der Waals surface area contributed by atoms with Gasteiger partial charge in [0.1, 0.15) is 0 Å². The Morgan fingerprint density at radius 2 is 1.73 bits per heavy atom. The van der Waals surface area contributed by atoms with Crippen LogP contribution in [0.2, 0.25) is 5.02 Å². The third-order valence-corrected chi connectivity index (χ3v) is 6.90. The maximum Gasteiger partial charge on any atom is 0.257 e. The first-order valence-electron chi connectivity index (χ1n) is 10.8. The molecular formula is C25H26ClN3O. The van der Waals surface area contributed by atoms with E-state index in [2.05, 4.69) is 35.2 Å². The lowest BCUT2D eigenvalue weighted by molar-refractivity contribution is 0.0757. The van der Waals surface area contributed by atoms with Crippen molar-refractivity contribution in [2.24, 2.45) is 5.92 Å². The molecule has 1 fully saturated rings. The van der Waals surface area contributed by atoms with Gasteiger partial charge in [0.2, 0.25) is 0 Å². The number of halogens is 1. The van der Waals surface area contributed by atoms with E-state index in [0.717, 1.165) is 49.2 Å². The van der Waals surface area contributed by atoms with E-state index in [1.54, 1.807) is 0 Å². The number of aromatic nitrogens is 1. The predicted octanol–water partition coefficient (Wildman–Crippen LogP) is 5.15. The van der Waals surface area contributed by atoms with Gasteiger partial charge in [0.15, 0.2) is 0 Å². The minimum Gasteiger partial charge on any atom is -0.333 e. The predicted molar refractivity (Wildman–Crippen MR) is 121 cm³/mol. The number of hydrogen-bond donors (Lipinski definition) is 0. The lowest BCUT2D eigenvalue weighted by Crippen LogP contribution is -2.35.